The van der Waals surface area contributed by atoms with Gasteiger partial charge in [0.1, 0.15) is 6.61 Å². The van der Waals surface area contributed by atoms with Crippen molar-refractivity contribution in [1.82, 2.24) is 0 Å². The topological polar surface area (TPSA) is 19.9 Å². The molecule has 0 aliphatic heterocycles. The predicted octanol–water partition coefficient (Wildman–Crippen LogP) is 3.24. The molecule has 2 heteroatoms. The van der Waals surface area contributed by atoms with Crippen molar-refractivity contribution in [2.45, 2.75) is 44.9 Å². The molecule has 0 aliphatic rings. The molecule has 0 aromatic rings. The van der Waals surface area contributed by atoms with Crippen LogP contribution >= 0.6 is 11.6 Å². The molecule has 1 nitrogen and oxygen atoms in total. The van der Waals surface area contributed by atoms with Gasteiger partial charge in [0, 0.05) is 0 Å². The minimum absolute atomic E-state index is 0.178. The first kappa shape index (κ1) is 11.2. The summed E-state index contributed by atoms with van der Waals surface area (Å²) in [6.45, 7) is 5.95. The van der Waals surface area contributed by atoms with E-state index in [-0.39, 0.29) is 6.61 Å². The van der Waals surface area contributed by atoms with Crippen LogP contribution in [0.15, 0.2) is 0 Å². The molecule has 0 aromatic carbocycles. The molecule has 0 heterocycles. The van der Waals surface area contributed by atoms with Crippen LogP contribution in [-0.2, 0) is 5.11 Å². The number of rotatable bonds is 5. The molecule has 0 spiro atoms. The van der Waals surface area contributed by atoms with Gasteiger partial charge in [-0.2, -0.15) is 0 Å². The van der Waals surface area contributed by atoms with Crippen LogP contribution in [0.25, 0.3) is 0 Å². The van der Waals surface area contributed by atoms with E-state index in [1.807, 2.05) is 6.92 Å². The Bertz CT molecular complexity index is 102. The number of hydrogen-bond donors (Lipinski definition) is 0. The lowest BCUT2D eigenvalue weighted by atomic mass is 9.94. The molecule has 2 atom stereocenters. The van der Waals surface area contributed by atoms with E-state index in [9.17, 15) is 5.11 Å². The van der Waals surface area contributed by atoms with Gasteiger partial charge in [-0.3, -0.25) is 0 Å². The average molecular weight is 178 g/mol. The van der Waals surface area contributed by atoms with Crippen molar-refractivity contribution in [1.29, 1.82) is 0 Å². The fourth-order valence-electron chi connectivity index (χ4n) is 1.38. The van der Waals surface area contributed by atoms with E-state index < -0.39 is 4.87 Å². The number of hydrogen-bond acceptors (Lipinski definition) is 0. The number of halogens is 1. The van der Waals surface area contributed by atoms with Gasteiger partial charge >= 0.3 is 0 Å². The van der Waals surface area contributed by atoms with Gasteiger partial charge in [-0.05, 0) is 19.3 Å². The second kappa shape index (κ2) is 5.00. The van der Waals surface area contributed by atoms with E-state index in [2.05, 4.69) is 13.8 Å². The van der Waals surface area contributed by atoms with E-state index in [4.69, 9.17) is 11.6 Å². The van der Waals surface area contributed by atoms with Crippen molar-refractivity contribution in [3.05, 3.63) is 0 Å². The summed E-state index contributed by atoms with van der Waals surface area (Å²) < 4.78 is 0. The normalized spacial score (nSPS) is 19.4. The van der Waals surface area contributed by atoms with Crippen molar-refractivity contribution in [3.8, 4) is 0 Å². The molecule has 0 saturated heterocycles. The summed E-state index contributed by atoms with van der Waals surface area (Å²) in [6.07, 6.45) is 3.18. The van der Waals surface area contributed by atoms with Gasteiger partial charge in [0.2, 0.25) is 0 Å². The quantitative estimate of drug-likeness (QED) is 0.575. The monoisotopic (exact) mass is 177 g/mol. The predicted molar refractivity (Wildman–Crippen MR) is 48.5 cm³/mol. The molecule has 2 unspecified atom stereocenters. The van der Waals surface area contributed by atoms with Crippen molar-refractivity contribution in [2.24, 2.45) is 5.92 Å². The maximum Gasteiger partial charge on any atom is 0.101 e. The van der Waals surface area contributed by atoms with Crippen LogP contribution < -0.4 is 0 Å². The van der Waals surface area contributed by atoms with Crippen LogP contribution in [-0.4, -0.2) is 11.5 Å². The lowest BCUT2D eigenvalue weighted by Gasteiger charge is -2.21. The first-order valence-corrected chi connectivity index (χ1v) is 4.66. The van der Waals surface area contributed by atoms with E-state index in [0.717, 1.165) is 6.42 Å². The summed E-state index contributed by atoms with van der Waals surface area (Å²) in [5.41, 5.74) is 0. The third-order valence-corrected chi connectivity index (χ3v) is 2.12. The summed E-state index contributed by atoms with van der Waals surface area (Å²) in [6, 6.07) is 0. The van der Waals surface area contributed by atoms with Crippen molar-refractivity contribution in [3.63, 3.8) is 0 Å². The lowest BCUT2D eigenvalue weighted by molar-refractivity contribution is 0.150. The van der Waals surface area contributed by atoms with Crippen molar-refractivity contribution >= 4 is 11.6 Å². The van der Waals surface area contributed by atoms with Crippen LogP contribution in [0.3, 0.4) is 0 Å². The Labute approximate surface area is 74.8 Å². The highest BCUT2D eigenvalue weighted by Gasteiger charge is 2.22. The molecular formula is C9H18ClO. The molecule has 1 radical (unpaired) electrons. The van der Waals surface area contributed by atoms with Gasteiger partial charge in [-0.1, -0.05) is 26.7 Å². The van der Waals surface area contributed by atoms with Gasteiger partial charge in [0.15, 0.2) is 0 Å². The Morgan fingerprint density at radius 2 is 2.09 bits per heavy atom. The van der Waals surface area contributed by atoms with Crippen molar-refractivity contribution < 1.29 is 5.11 Å². The Morgan fingerprint density at radius 3 is 2.45 bits per heavy atom. The van der Waals surface area contributed by atoms with Crippen LogP contribution in [0, 0.1) is 5.92 Å². The fraction of sp³-hybridized carbons (Fsp3) is 1.00. The highest BCUT2D eigenvalue weighted by atomic mass is 35.5. The van der Waals surface area contributed by atoms with Crippen LogP contribution in [0.5, 0.6) is 0 Å². The smallest absolute Gasteiger partial charge is 0.101 e. The average Bonchev–Trinajstić information content (AvgIpc) is 1.87. The molecule has 0 bridgehead atoms. The van der Waals surface area contributed by atoms with Gasteiger partial charge in [-0.15, -0.1) is 11.6 Å². The van der Waals surface area contributed by atoms with Gasteiger partial charge < -0.3 is 0 Å². The third kappa shape index (κ3) is 5.51. The molecule has 67 valence electrons. The summed E-state index contributed by atoms with van der Waals surface area (Å²) in [7, 11) is 0. The summed E-state index contributed by atoms with van der Waals surface area (Å²) >= 11 is 5.94. The highest BCUT2D eigenvalue weighted by Crippen LogP contribution is 2.25. The summed E-state index contributed by atoms with van der Waals surface area (Å²) in [5, 5.41) is 10.6. The Kier molecular flexibility index (Phi) is 5.11. The third-order valence-electron chi connectivity index (χ3n) is 1.86. The van der Waals surface area contributed by atoms with Gasteiger partial charge in [0.25, 0.3) is 0 Å². The van der Waals surface area contributed by atoms with Crippen LogP contribution in [0.1, 0.15) is 40.0 Å². The fourth-order valence-corrected chi connectivity index (χ4v) is 1.64. The van der Waals surface area contributed by atoms with E-state index >= 15 is 0 Å². The minimum atomic E-state index is -0.519. The molecule has 0 rings (SSSR count). The Hall–Kier alpha value is 0.250. The van der Waals surface area contributed by atoms with E-state index in [1.54, 1.807) is 0 Å². The number of alkyl halides is 1. The standard InChI is InChI=1S/C9H18ClO/c1-4-5-8(2)6-9(3,10)7-11/h8H,4-7H2,1-3H3. The molecule has 0 fully saturated rings. The van der Waals surface area contributed by atoms with Gasteiger partial charge in [-0.25, -0.2) is 5.11 Å². The molecule has 0 aromatic heterocycles. The second-order valence-electron chi connectivity index (χ2n) is 3.66. The first-order chi connectivity index (χ1) is 5.02. The molecule has 0 saturated carbocycles. The largest absolute Gasteiger partial charge is 0.235 e. The van der Waals surface area contributed by atoms with E-state index in [0.29, 0.717) is 5.92 Å². The summed E-state index contributed by atoms with van der Waals surface area (Å²) in [4.78, 5) is -0.519. The zero-order valence-corrected chi connectivity index (χ0v) is 8.45. The second-order valence-corrected chi connectivity index (χ2v) is 4.57. The van der Waals surface area contributed by atoms with E-state index in [1.165, 1.54) is 12.8 Å². The first-order valence-electron chi connectivity index (χ1n) is 4.29. The molecule has 0 N–H and O–H groups in total. The SMILES string of the molecule is CCCC(C)CC(C)(Cl)C[O]. The maximum absolute atomic E-state index is 10.6. The zero-order valence-electron chi connectivity index (χ0n) is 7.69. The Balaban J connectivity index is 3.64. The van der Waals surface area contributed by atoms with Crippen LogP contribution in [0.4, 0.5) is 0 Å². The molecule has 11 heavy (non-hydrogen) atoms. The Morgan fingerprint density at radius 1 is 1.55 bits per heavy atom. The van der Waals surface area contributed by atoms with Gasteiger partial charge in [0.05, 0.1) is 4.87 Å². The van der Waals surface area contributed by atoms with Crippen molar-refractivity contribution in [2.75, 3.05) is 6.61 Å². The lowest BCUT2D eigenvalue weighted by Crippen LogP contribution is -2.23. The van der Waals surface area contributed by atoms with Crippen LogP contribution in [0.2, 0.25) is 0 Å². The summed E-state index contributed by atoms with van der Waals surface area (Å²) in [5.74, 6) is 0.580. The molecule has 0 amide bonds. The highest BCUT2D eigenvalue weighted by molar-refractivity contribution is 6.23. The molecule has 0 aliphatic carbocycles. The molecular weight excluding hydrogens is 160 g/mol. The zero-order chi connectivity index (χ0) is 8.91. The minimum Gasteiger partial charge on any atom is -0.235 e. The maximum atomic E-state index is 10.6.